The first-order valence-corrected chi connectivity index (χ1v) is 6.65. The van der Waals surface area contributed by atoms with Crippen LogP contribution < -0.4 is 33.3 Å². The van der Waals surface area contributed by atoms with Gasteiger partial charge in [0.05, 0.1) is 18.0 Å². The van der Waals surface area contributed by atoms with Crippen LogP contribution in [-0.4, -0.2) is 12.1 Å². The van der Waals surface area contributed by atoms with E-state index in [0.717, 1.165) is 16.8 Å². The van der Waals surface area contributed by atoms with E-state index >= 15 is 0 Å². The highest BCUT2D eigenvalue weighted by atomic mass is 127. The third-order valence-corrected chi connectivity index (χ3v) is 3.94. The Hall–Kier alpha value is -1.82. The van der Waals surface area contributed by atoms with Gasteiger partial charge in [-0.2, -0.15) is 4.57 Å². The van der Waals surface area contributed by atoms with Gasteiger partial charge in [0.2, 0.25) is 11.0 Å². The Labute approximate surface area is 139 Å². The number of fused-ring (bicyclic) bond motifs is 4. The highest BCUT2D eigenvalue weighted by Crippen LogP contribution is 2.28. The summed E-state index contributed by atoms with van der Waals surface area (Å²) in [6.07, 6.45) is 0. The van der Waals surface area contributed by atoms with Gasteiger partial charge in [-0.1, -0.05) is 12.1 Å². The van der Waals surface area contributed by atoms with E-state index < -0.39 is 0 Å². The first-order valence-electron chi connectivity index (χ1n) is 6.65. The van der Waals surface area contributed by atoms with E-state index in [2.05, 4.69) is 59.1 Å². The Bertz CT molecular complexity index is 959. The summed E-state index contributed by atoms with van der Waals surface area (Å²) < 4.78 is 7.58. The van der Waals surface area contributed by atoms with E-state index in [-0.39, 0.29) is 24.0 Å². The van der Waals surface area contributed by atoms with Crippen LogP contribution in [0, 0.1) is 0 Å². The molecule has 0 amide bonds. The predicted molar refractivity (Wildman–Crippen MR) is 81.0 cm³/mol. The zero-order valence-electron chi connectivity index (χ0n) is 11.9. The Balaban J connectivity index is 0.00000132. The minimum Gasteiger partial charge on any atom is -1.00 e. The molecule has 4 aromatic rings. The lowest BCUT2D eigenvalue weighted by atomic mass is 10.1. The molecule has 0 radical (unpaired) electrons. The number of nitrogens with zero attached hydrogens (tertiary/aromatic N) is 1. The van der Waals surface area contributed by atoms with E-state index in [4.69, 9.17) is 4.74 Å². The number of rotatable bonds is 1. The van der Waals surface area contributed by atoms with Crippen molar-refractivity contribution < 1.29 is 33.3 Å². The standard InChI is InChI=1S/C17H14N2O.HI/c1-19-16-6-4-3-5-11(16)9-15-17(19)13-10-12(20-2)7-8-14(13)18-15;/h3-10H,1-2H3;1H. The summed E-state index contributed by atoms with van der Waals surface area (Å²) in [4.78, 5) is 3.49. The molecule has 3 nitrogen and oxygen atoms in total. The summed E-state index contributed by atoms with van der Waals surface area (Å²) in [6, 6.07) is 16.8. The van der Waals surface area contributed by atoms with E-state index in [1.54, 1.807) is 7.11 Å². The van der Waals surface area contributed by atoms with Crippen molar-refractivity contribution in [3.05, 3.63) is 48.5 Å². The average molecular weight is 390 g/mol. The maximum Gasteiger partial charge on any atom is 0.238 e. The largest absolute Gasteiger partial charge is 1.00 e. The Kier molecular flexibility index (Phi) is 3.49. The molecule has 0 saturated heterocycles. The van der Waals surface area contributed by atoms with Crippen molar-refractivity contribution in [3.8, 4) is 5.75 Å². The predicted octanol–water partition coefficient (Wildman–Crippen LogP) is 0.311. The van der Waals surface area contributed by atoms with E-state index in [1.807, 2.05) is 6.07 Å². The maximum absolute atomic E-state index is 5.34. The van der Waals surface area contributed by atoms with Crippen LogP contribution in [0.3, 0.4) is 0 Å². The minimum absolute atomic E-state index is 0. The van der Waals surface area contributed by atoms with Gasteiger partial charge in [0.25, 0.3) is 0 Å². The number of aryl methyl sites for hydroxylation is 1. The van der Waals surface area contributed by atoms with Crippen molar-refractivity contribution in [2.24, 2.45) is 7.05 Å². The molecule has 4 rings (SSSR count). The second kappa shape index (κ2) is 5.18. The van der Waals surface area contributed by atoms with Gasteiger partial charge in [0.1, 0.15) is 18.3 Å². The van der Waals surface area contributed by atoms with Crippen LogP contribution in [0.5, 0.6) is 5.75 Å². The summed E-state index contributed by atoms with van der Waals surface area (Å²) >= 11 is 0. The van der Waals surface area contributed by atoms with E-state index in [1.165, 1.54) is 21.8 Å². The number of hydrogen-bond acceptors (Lipinski definition) is 1. The lowest BCUT2D eigenvalue weighted by Crippen LogP contribution is -3.00. The summed E-state index contributed by atoms with van der Waals surface area (Å²) in [6.45, 7) is 0. The van der Waals surface area contributed by atoms with E-state index in [0.29, 0.717) is 0 Å². The van der Waals surface area contributed by atoms with Gasteiger partial charge in [0.15, 0.2) is 0 Å². The minimum atomic E-state index is 0. The van der Waals surface area contributed by atoms with Gasteiger partial charge >= 0.3 is 0 Å². The molecule has 0 atom stereocenters. The molecule has 4 heteroatoms. The second-order valence-electron chi connectivity index (χ2n) is 5.06. The van der Waals surface area contributed by atoms with Crippen LogP contribution in [0.15, 0.2) is 48.5 Å². The molecule has 2 heterocycles. The Morgan fingerprint density at radius 2 is 1.81 bits per heavy atom. The van der Waals surface area contributed by atoms with E-state index in [9.17, 15) is 0 Å². The number of ether oxygens (including phenoxy) is 1. The fourth-order valence-corrected chi connectivity index (χ4v) is 2.96. The number of benzene rings is 2. The zero-order valence-corrected chi connectivity index (χ0v) is 14.0. The van der Waals surface area contributed by atoms with Crippen molar-refractivity contribution >= 4 is 32.8 Å². The number of aromatic amines is 1. The summed E-state index contributed by atoms with van der Waals surface area (Å²) in [5.41, 5.74) is 4.71. The smallest absolute Gasteiger partial charge is 0.238 e. The molecule has 0 spiro atoms. The highest BCUT2D eigenvalue weighted by Gasteiger charge is 2.17. The fourth-order valence-electron chi connectivity index (χ4n) is 2.96. The zero-order chi connectivity index (χ0) is 13.7. The van der Waals surface area contributed by atoms with Crippen molar-refractivity contribution in [2.45, 2.75) is 0 Å². The molecule has 2 aromatic heterocycles. The highest BCUT2D eigenvalue weighted by molar-refractivity contribution is 6.05. The topological polar surface area (TPSA) is 28.9 Å². The second-order valence-corrected chi connectivity index (χ2v) is 5.06. The average Bonchev–Trinajstić information content (AvgIpc) is 2.84. The van der Waals surface area contributed by atoms with Gasteiger partial charge in [-0.25, -0.2) is 0 Å². The molecule has 0 fully saturated rings. The maximum atomic E-state index is 5.34. The van der Waals surface area contributed by atoms with Gasteiger partial charge in [0, 0.05) is 11.5 Å². The number of halogens is 1. The monoisotopic (exact) mass is 390 g/mol. The molecule has 0 aliphatic carbocycles. The number of aromatic nitrogens is 2. The molecule has 0 unspecified atom stereocenters. The molecule has 0 bridgehead atoms. The number of nitrogens with one attached hydrogen (secondary N) is 1. The van der Waals surface area contributed by atoms with Gasteiger partial charge in [-0.15, -0.1) is 0 Å². The van der Waals surface area contributed by atoms with Crippen LogP contribution in [-0.2, 0) is 7.05 Å². The van der Waals surface area contributed by atoms with Crippen molar-refractivity contribution in [1.29, 1.82) is 0 Å². The van der Waals surface area contributed by atoms with Crippen LogP contribution >= 0.6 is 0 Å². The van der Waals surface area contributed by atoms with Crippen molar-refractivity contribution in [3.63, 3.8) is 0 Å². The van der Waals surface area contributed by atoms with Gasteiger partial charge in [-0.3, -0.25) is 0 Å². The van der Waals surface area contributed by atoms with Gasteiger partial charge in [-0.05, 0) is 30.3 Å². The molecule has 0 aliphatic rings. The van der Waals surface area contributed by atoms with Crippen LogP contribution in [0.2, 0.25) is 0 Å². The quantitative estimate of drug-likeness (QED) is 0.368. The number of pyridine rings is 1. The molecule has 0 aliphatic heterocycles. The SMILES string of the molecule is COc1ccc2[nH]c3cc4ccccc4[n+](C)c3c2c1.[I-]. The lowest BCUT2D eigenvalue weighted by molar-refractivity contribution is -0.616. The van der Waals surface area contributed by atoms with Crippen LogP contribution in [0.4, 0.5) is 0 Å². The first-order chi connectivity index (χ1) is 9.78. The van der Waals surface area contributed by atoms with Crippen molar-refractivity contribution in [2.75, 3.05) is 7.11 Å². The van der Waals surface area contributed by atoms with Crippen molar-refractivity contribution in [1.82, 2.24) is 4.98 Å². The fraction of sp³-hybridized carbons (Fsp3) is 0.118. The number of methoxy groups -OCH3 is 1. The number of para-hydroxylation sites is 1. The van der Waals surface area contributed by atoms with Gasteiger partial charge < -0.3 is 33.7 Å². The lowest BCUT2D eigenvalue weighted by Gasteiger charge is -1.99. The number of H-pyrrole nitrogens is 1. The third kappa shape index (κ3) is 2.05. The summed E-state index contributed by atoms with van der Waals surface area (Å²) in [5.74, 6) is 0.881. The molecule has 0 saturated carbocycles. The molecule has 21 heavy (non-hydrogen) atoms. The van der Waals surface area contributed by atoms with Crippen LogP contribution in [0.25, 0.3) is 32.8 Å². The number of hydrogen-bond donors (Lipinski definition) is 1. The van der Waals surface area contributed by atoms with Crippen LogP contribution in [0.1, 0.15) is 0 Å². The Morgan fingerprint density at radius 1 is 1.00 bits per heavy atom. The summed E-state index contributed by atoms with van der Waals surface area (Å²) in [7, 11) is 3.81. The molecular weight excluding hydrogens is 375 g/mol. The Morgan fingerprint density at radius 3 is 2.62 bits per heavy atom. The molecule has 1 N–H and O–H groups in total. The molecule has 2 aromatic carbocycles. The first kappa shape index (κ1) is 14.1. The molecule has 106 valence electrons. The third-order valence-electron chi connectivity index (χ3n) is 3.94. The molecular formula is C17H15IN2O. The normalized spacial score (nSPS) is 11.0. The summed E-state index contributed by atoms with van der Waals surface area (Å²) in [5, 5.41) is 2.42.